The molecule has 3 aliphatic rings. The maximum Gasteiger partial charge on any atom is 0.232 e. The smallest absolute Gasteiger partial charge is 0.232 e. The lowest BCUT2D eigenvalue weighted by atomic mass is 10.0. The second-order valence-electron chi connectivity index (χ2n) is 12.4. The third-order valence-corrected chi connectivity index (χ3v) is 11.5. The number of piperazine rings is 1. The van der Waals surface area contributed by atoms with Crippen LogP contribution >= 0.6 is 27.5 Å². The van der Waals surface area contributed by atoms with E-state index in [1.54, 1.807) is 20.4 Å². The van der Waals surface area contributed by atoms with Crippen LogP contribution in [-0.4, -0.2) is 115 Å². The van der Waals surface area contributed by atoms with E-state index in [-0.39, 0.29) is 0 Å². The van der Waals surface area contributed by atoms with Crippen molar-refractivity contribution in [1.29, 1.82) is 0 Å². The van der Waals surface area contributed by atoms with Crippen LogP contribution in [0.25, 0.3) is 0 Å². The number of piperidine rings is 1. The molecule has 2 fully saturated rings. The summed E-state index contributed by atoms with van der Waals surface area (Å²) in [6, 6.07) is 8.16. The molecule has 1 aromatic heterocycles. The number of nitrogens with one attached hydrogen (secondary N) is 1. The van der Waals surface area contributed by atoms with E-state index in [0.717, 1.165) is 69.1 Å². The van der Waals surface area contributed by atoms with Crippen molar-refractivity contribution >= 4 is 72.1 Å². The zero-order valence-electron chi connectivity index (χ0n) is 27.5. The van der Waals surface area contributed by atoms with Crippen molar-refractivity contribution in [1.82, 2.24) is 19.8 Å². The zero-order valence-corrected chi connectivity index (χ0v) is 30.6. The minimum Gasteiger partial charge on any atom is -0.494 e. The fraction of sp³-hybridized carbons (Fsp3) is 0.500. The summed E-state index contributed by atoms with van der Waals surface area (Å²) >= 11 is 10.5. The summed E-state index contributed by atoms with van der Waals surface area (Å²) in [5.41, 5.74) is 3.68. The molecule has 0 aliphatic carbocycles. The molecule has 2 saturated heterocycles. The Morgan fingerprint density at radius 3 is 2.47 bits per heavy atom. The van der Waals surface area contributed by atoms with Gasteiger partial charge in [0.1, 0.15) is 11.5 Å². The van der Waals surface area contributed by atoms with Gasteiger partial charge in [0, 0.05) is 84.2 Å². The highest BCUT2D eigenvalue weighted by Gasteiger charge is 2.29. The number of halogens is 2. The molecule has 0 radical (unpaired) electrons. The van der Waals surface area contributed by atoms with E-state index in [1.807, 2.05) is 36.2 Å². The van der Waals surface area contributed by atoms with Crippen LogP contribution in [0.4, 0.5) is 34.5 Å². The molecule has 47 heavy (non-hydrogen) atoms. The van der Waals surface area contributed by atoms with E-state index in [1.165, 1.54) is 10.6 Å². The van der Waals surface area contributed by atoms with Crippen molar-refractivity contribution in [2.45, 2.75) is 25.3 Å². The van der Waals surface area contributed by atoms with Crippen LogP contribution in [-0.2, 0) is 16.4 Å². The first-order chi connectivity index (χ1) is 22.4. The molecule has 0 atom stereocenters. The number of hydrogen-bond acceptors (Lipinski definition) is 11. The minimum atomic E-state index is -3.53. The van der Waals surface area contributed by atoms with Gasteiger partial charge >= 0.3 is 0 Å². The Kier molecular flexibility index (Phi) is 9.96. The van der Waals surface area contributed by atoms with Gasteiger partial charge in [0.15, 0.2) is 5.82 Å². The molecular formula is C32H42BrClN8O4S. The lowest BCUT2D eigenvalue weighted by Gasteiger charge is -2.42. The van der Waals surface area contributed by atoms with E-state index in [9.17, 15) is 8.42 Å². The normalized spacial score (nSPS) is 17.7. The topological polar surface area (TPSA) is 107 Å². The molecule has 12 nitrogen and oxygen atoms in total. The van der Waals surface area contributed by atoms with Gasteiger partial charge in [-0.05, 0) is 53.5 Å². The Morgan fingerprint density at radius 2 is 1.79 bits per heavy atom. The Labute approximate surface area is 290 Å². The molecule has 3 aliphatic heterocycles. The second kappa shape index (κ2) is 13.8. The van der Waals surface area contributed by atoms with Gasteiger partial charge in [-0.15, -0.1) is 0 Å². The molecule has 15 heteroatoms. The first kappa shape index (κ1) is 33.8. The Balaban J connectivity index is 1.23. The summed E-state index contributed by atoms with van der Waals surface area (Å²) in [5, 5.41) is 3.90. The molecule has 2 aromatic carbocycles. The number of sulfonamides is 1. The van der Waals surface area contributed by atoms with Gasteiger partial charge in [0.25, 0.3) is 0 Å². The van der Waals surface area contributed by atoms with Gasteiger partial charge in [0.05, 0.1) is 52.2 Å². The number of methoxy groups -OCH3 is 1. The molecule has 4 heterocycles. The fourth-order valence-corrected chi connectivity index (χ4v) is 7.74. The van der Waals surface area contributed by atoms with Gasteiger partial charge in [-0.25, -0.2) is 13.4 Å². The lowest BCUT2D eigenvalue weighted by molar-refractivity contribution is 0.0982. The van der Waals surface area contributed by atoms with Gasteiger partial charge in [-0.1, -0.05) is 11.6 Å². The van der Waals surface area contributed by atoms with Crippen LogP contribution < -0.4 is 28.9 Å². The standard InChI is InChI=1S/C32H42BrClN8O4S/c1-38-11-13-41(14-12-38)22-6-9-42(10-7-22)26-18-30(45-4)25(17-24(26)34)36-32-35-20-23(33)31(37-32)39(2)27-19-29-21(8-15-46-29)16-28(27)40(3)47(5,43)44/h16-20,22H,6-15H2,1-5H3,(H,35,36,37). The van der Waals surface area contributed by atoms with Crippen molar-refractivity contribution in [2.24, 2.45) is 0 Å². The lowest BCUT2D eigenvalue weighted by Crippen LogP contribution is -2.52. The number of rotatable bonds is 9. The summed E-state index contributed by atoms with van der Waals surface area (Å²) in [7, 11) is 3.67. The third kappa shape index (κ3) is 7.21. The molecular weight excluding hydrogens is 708 g/mol. The Bertz CT molecular complexity index is 1730. The zero-order chi connectivity index (χ0) is 33.5. The summed E-state index contributed by atoms with van der Waals surface area (Å²) < 4.78 is 38.7. The van der Waals surface area contributed by atoms with Crippen molar-refractivity contribution in [3.8, 4) is 11.5 Å². The van der Waals surface area contributed by atoms with E-state index >= 15 is 0 Å². The summed E-state index contributed by atoms with van der Waals surface area (Å²) in [6.45, 7) is 6.93. The number of aromatic nitrogens is 2. The van der Waals surface area contributed by atoms with Crippen LogP contribution in [0.5, 0.6) is 11.5 Å². The van der Waals surface area contributed by atoms with Crippen LogP contribution in [0.1, 0.15) is 18.4 Å². The number of likely N-dealkylation sites (N-methyl/N-ethyl adjacent to an activating group) is 1. The highest BCUT2D eigenvalue weighted by atomic mass is 79.9. The highest BCUT2D eigenvalue weighted by Crippen LogP contribution is 2.43. The van der Waals surface area contributed by atoms with Crippen molar-refractivity contribution in [2.75, 3.05) is 99.8 Å². The second-order valence-corrected chi connectivity index (χ2v) is 15.7. The Hall–Kier alpha value is -3.04. The van der Waals surface area contributed by atoms with Gasteiger partial charge < -0.3 is 29.5 Å². The third-order valence-electron chi connectivity index (χ3n) is 9.40. The number of anilines is 6. The average molecular weight is 750 g/mol. The molecule has 254 valence electrons. The number of benzene rings is 2. The predicted octanol–water partition coefficient (Wildman–Crippen LogP) is 4.96. The van der Waals surface area contributed by atoms with Crippen LogP contribution in [0.3, 0.4) is 0 Å². The number of nitrogens with zero attached hydrogens (tertiary/aromatic N) is 7. The molecule has 6 rings (SSSR count). The first-order valence-electron chi connectivity index (χ1n) is 15.7. The minimum absolute atomic E-state index is 0.320. The molecule has 0 saturated carbocycles. The highest BCUT2D eigenvalue weighted by molar-refractivity contribution is 9.10. The largest absolute Gasteiger partial charge is 0.494 e. The van der Waals surface area contributed by atoms with Crippen molar-refractivity contribution < 1.29 is 17.9 Å². The number of ether oxygens (including phenoxy) is 2. The van der Waals surface area contributed by atoms with Gasteiger partial charge in [-0.3, -0.25) is 9.21 Å². The molecule has 3 aromatic rings. The van der Waals surface area contributed by atoms with E-state index < -0.39 is 10.0 Å². The summed E-state index contributed by atoms with van der Waals surface area (Å²) in [4.78, 5) is 18.5. The quantitative estimate of drug-likeness (QED) is 0.321. The number of hydrogen-bond donors (Lipinski definition) is 1. The van der Waals surface area contributed by atoms with E-state index in [2.05, 4.69) is 48.0 Å². The Morgan fingerprint density at radius 1 is 1.06 bits per heavy atom. The van der Waals surface area contributed by atoms with Crippen LogP contribution in [0.15, 0.2) is 34.9 Å². The van der Waals surface area contributed by atoms with Crippen LogP contribution in [0.2, 0.25) is 5.02 Å². The predicted molar refractivity (Wildman–Crippen MR) is 192 cm³/mol. The number of fused-ring (bicyclic) bond motifs is 1. The van der Waals surface area contributed by atoms with Gasteiger partial charge in [-0.2, -0.15) is 4.98 Å². The molecule has 0 spiro atoms. The molecule has 1 N–H and O–H groups in total. The monoisotopic (exact) mass is 748 g/mol. The van der Waals surface area contributed by atoms with Crippen molar-refractivity contribution in [3.63, 3.8) is 0 Å². The average Bonchev–Trinajstić information content (AvgIpc) is 3.52. The van der Waals surface area contributed by atoms with E-state index in [4.69, 9.17) is 26.1 Å². The molecule has 0 unspecified atom stereocenters. The molecule has 0 bridgehead atoms. The fourth-order valence-electron chi connectivity index (χ4n) is 6.50. The van der Waals surface area contributed by atoms with Crippen LogP contribution in [0, 0.1) is 0 Å². The van der Waals surface area contributed by atoms with E-state index in [0.29, 0.717) is 63.1 Å². The SMILES string of the molecule is COc1cc(N2CCC(N3CCN(C)CC3)CC2)c(Cl)cc1Nc1ncc(Br)c(N(C)c2cc3c(cc2N(C)S(C)(=O)=O)CCO3)n1. The summed E-state index contributed by atoms with van der Waals surface area (Å²) in [6.07, 6.45) is 5.75. The maximum absolute atomic E-state index is 12.6. The van der Waals surface area contributed by atoms with Gasteiger partial charge in [0.2, 0.25) is 16.0 Å². The first-order valence-corrected chi connectivity index (χ1v) is 18.8. The van der Waals surface area contributed by atoms with Crippen molar-refractivity contribution in [3.05, 3.63) is 45.5 Å². The molecule has 0 amide bonds. The maximum atomic E-state index is 12.6. The summed E-state index contributed by atoms with van der Waals surface area (Å²) in [5.74, 6) is 2.19.